The second-order valence-corrected chi connectivity index (χ2v) is 6.78. The van der Waals surface area contributed by atoms with Gasteiger partial charge in [-0.2, -0.15) is 0 Å². The fourth-order valence-corrected chi connectivity index (χ4v) is 3.66. The molecule has 2 heterocycles. The second-order valence-electron chi connectivity index (χ2n) is 6.78. The van der Waals surface area contributed by atoms with Crippen molar-refractivity contribution in [2.75, 3.05) is 20.3 Å². The van der Waals surface area contributed by atoms with E-state index in [1.54, 1.807) is 13.3 Å². The number of carbonyl (C=O) groups excluding carboxylic acids is 1. The average molecular weight is 362 g/mol. The van der Waals surface area contributed by atoms with Gasteiger partial charge in [-0.15, -0.1) is 0 Å². The highest BCUT2D eigenvalue weighted by atomic mass is 16.5. The molecule has 1 aliphatic rings. The monoisotopic (exact) mass is 362 g/mol. The van der Waals surface area contributed by atoms with Gasteiger partial charge in [0.1, 0.15) is 0 Å². The van der Waals surface area contributed by atoms with E-state index in [2.05, 4.69) is 5.16 Å². The molecule has 27 heavy (non-hydrogen) atoms. The molecule has 5 nitrogen and oxygen atoms in total. The molecule has 5 heteroatoms. The summed E-state index contributed by atoms with van der Waals surface area (Å²) in [6.45, 7) is 1.39. The lowest BCUT2D eigenvalue weighted by Gasteiger charge is -2.24. The number of hydrogen-bond donors (Lipinski definition) is 0. The summed E-state index contributed by atoms with van der Waals surface area (Å²) in [5.74, 6) is 0.818. The Bertz CT molecular complexity index is 904. The number of methoxy groups -OCH3 is 1. The second kappa shape index (κ2) is 7.76. The van der Waals surface area contributed by atoms with Crippen molar-refractivity contribution >= 4 is 5.91 Å². The molecule has 138 valence electrons. The number of benzene rings is 2. The lowest BCUT2D eigenvalue weighted by Crippen LogP contribution is -2.38. The van der Waals surface area contributed by atoms with E-state index in [0.717, 1.165) is 47.4 Å². The molecule has 0 spiro atoms. The van der Waals surface area contributed by atoms with Crippen LogP contribution in [0.4, 0.5) is 0 Å². The number of likely N-dealkylation sites (tertiary alicyclic amines) is 1. The van der Waals surface area contributed by atoms with Gasteiger partial charge in [0.2, 0.25) is 0 Å². The van der Waals surface area contributed by atoms with Crippen molar-refractivity contribution in [3.63, 3.8) is 0 Å². The predicted molar refractivity (Wildman–Crippen MR) is 103 cm³/mol. The molecule has 1 aromatic heterocycles. The van der Waals surface area contributed by atoms with Crippen molar-refractivity contribution in [1.29, 1.82) is 0 Å². The smallest absolute Gasteiger partial charge is 0.254 e. The minimum atomic E-state index is 0.0784. The maximum atomic E-state index is 13.0. The third-order valence-corrected chi connectivity index (χ3v) is 5.05. The summed E-state index contributed by atoms with van der Waals surface area (Å²) in [4.78, 5) is 14.9. The minimum absolute atomic E-state index is 0.0784. The van der Waals surface area contributed by atoms with E-state index in [0.29, 0.717) is 6.61 Å². The summed E-state index contributed by atoms with van der Waals surface area (Å²) in [6, 6.07) is 17.9. The molecule has 2 aromatic carbocycles. The first-order chi connectivity index (χ1) is 13.3. The van der Waals surface area contributed by atoms with E-state index in [-0.39, 0.29) is 11.9 Å². The Kier molecular flexibility index (Phi) is 5.03. The van der Waals surface area contributed by atoms with Gasteiger partial charge in [-0.3, -0.25) is 4.79 Å². The summed E-state index contributed by atoms with van der Waals surface area (Å²) in [5.41, 5.74) is 3.77. The zero-order chi connectivity index (χ0) is 18.6. The fourth-order valence-electron chi connectivity index (χ4n) is 3.66. The van der Waals surface area contributed by atoms with E-state index in [4.69, 9.17) is 9.26 Å². The van der Waals surface area contributed by atoms with Crippen LogP contribution in [0.3, 0.4) is 0 Å². The molecule has 4 rings (SSSR count). The predicted octanol–water partition coefficient (Wildman–Crippen LogP) is 4.26. The van der Waals surface area contributed by atoms with E-state index < -0.39 is 0 Å². The molecule has 0 radical (unpaired) electrons. The maximum Gasteiger partial charge on any atom is 0.254 e. The van der Waals surface area contributed by atoms with Gasteiger partial charge in [0.15, 0.2) is 5.76 Å². The van der Waals surface area contributed by atoms with Crippen LogP contribution >= 0.6 is 0 Å². The van der Waals surface area contributed by atoms with E-state index in [1.165, 1.54) is 0 Å². The summed E-state index contributed by atoms with van der Waals surface area (Å²) in [6.07, 6.45) is 3.67. The van der Waals surface area contributed by atoms with Crippen LogP contribution in [0.15, 0.2) is 65.3 Å². The molecule has 1 fully saturated rings. The molecule has 0 N–H and O–H groups in total. The quantitative estimate of drug-likeness (QED) is 0.680. The van der Waals surface area contributed by atoms with E-state index in [1.807, 2.05) is 59.5 Å². The average Bonchev–Trinajstić information content (AvgIpc) is 3.40. The molecule has 1 aliphatic heterocycles. The molecule has 0 saturated carbocycles. The van der Waals surface area contributed by atoms with Crippen LogP contribution in [0.2, 0.25) is 0 Å². The topological polar surface area (TPSA) is 55.6 Å². The number of nitrogens with zero attached hydrogens (tertiary/aromatic N) is 2. The van der Waals surface area contributed by atoms with Gasteiger partial charge in [-0.05, 0) is 36.1 Å². The highest BCUT2D eigenvalue weighted by molar-refractivity contribution is 5.96. The number of rotatable bonds is 5. The van der Waals surface area contributed by atoms with Crippen molar-refractivity contribution in [2.24, 2.45) is 0 Å². The van der Waals surface area contributed by atoms with Crippen molar-refractivity contribution < 1.29 is 14.1 Å². The van der Waals surface area contributed by atoms with Crippen molar-refractivity contribution in [3.05, 3.63) is 66.4 Å². The fraction of sp³-hybridized carbons (Fsp3) is 0.273. The van der Waals surface area contributed by atoms with Crippen LogP contribution in [0.25, 0.3) is 22.5 Å². The van der Waals surface area contributed by atoms with Crippen molar-refractivity contribution in [1.82, 2.24) is 10.1 Å². The van der Waals surface area contributed by atoms with Gasteiger partial charge in [0, 0.05) is 30.8 Å². The third kappa shape index (κ3) is 3.64. The summed E-state index contributed by atoms with van der Waals surface area (Å²) in [5, 5.41) is 3.74. The maximum absolute atomic E-state index is 13.0. The lowest BCUT2D eigenvalue weighted by atomic mass is 10.0. The molecule has 1 atom stereocenters. The van der Waals surface area contributed by atoms with Gasteiger partial charge < -0.3 is 14.2 Å². The Morgan fingerprint density at radius 2 is 1.96 bits per heavy atom. The zero-order valence-corrected chi connectivity index (χ0v) is 15.3. The number of ether oxygens (including phenoxy) is 1. The first kappa shape index (κ1) is 17.5. The Balaban J connectivity index is 1.56. The molecule has 1 amide bonds. The summed E-state index contributed by atoms with van der Waals surface area (Å²) >= 11 is 0. The Hall–Kier alpha value is -2.92. The van der Waals surface area contributed by atoms with Gasteiger partial charge in [0.25, 0.3) is 5.91 Å². The van der Waals surface area contributed by atoms with Crippen molar-refractivity contribution in [3.8, 4) is 22.5 Å². The van der Waals surface area contributed by atoms with Crippen LogP contribution in [0.1, 0.15) is 23.2 Å². The summed E-state index contributed by atoms with van der Waals surface area (Å²) < 4.78 is 10.5. The molecule has 0 bridgehead atoms. The molecule has 1 saturated heterocycles. The largest absolute Gasteiger partial charge is 0.383 e. The first-order valence-electron chi connectivity index (χ1n) is 9.18. The molecule has 0 unspecified atom stereocenters. The highest BCUT2D eigenvalue weighted by Gasteiger charge is 2.29. The Morgan fingerprint density at radius 1 is 1.15 bits per heavy atom. The first-order valence-corrected chi connectivity index (χ1v) is 9.18. The highest BCUT2D eigenvalue weighted by Crippen LogP contribution is 2.27. The van der Waals surface area contributed by atoms with Crippen LogP contribution < -0.4 is 0 Å². The van der Waals surface area contributed by atoms with Crippen LogP contribution in [-0.4, -0.2) is 42.3 Å². The van der Waals surface area contributed by atoms with Gasteiger partial charge in [-0.25, -0.2) is 0 Å². The van der Waals surface area contributed by atoms with E-state index in [9.17, 15) is 4.79 Å². The number of amides is 1. The Morgan fingerprint density at radius 3 is 2.70 bits per heavy atom. The van der Waals surface area contributed by atoms with Crippen LogP contribution in [0.5, 0.6) is 0 Å². The lowest BCUT2D eigenvalue weighted by molar-refractivity contribution is 0.0630. The zero-order valence-electron chi connectivity index (χ0n) is 15.3. The van der Waals surface area contributed by atoms with Gasteiger partial charge in [-0.1, -0.05) is 41.6 Å². The number of aromatic nitrogens is 1. The minimum Gasteiger partial charge on any atom is -0.383 e. The number of carbonyl (C=O) groups is 1. The molecular weight excluding hydrogens is 340 g/mol. The Labute approximate surface area is 158 Å². The third-order valence-electron chi connectivity index (χ3n) is 5.05. The van der Waals surface area contributed by atoms with Crippen LogP contribution in [-0.2, 0) is 4.74 Å². The standard InChI is InChI=1S/C22H22N2O3/c1-26-15-20-6-3-13-24(20)22(25)19-5-2-4-18(14-19)16-7-9-17(10-8-16)21-11-12-23-27-21/h2,4-5,7-12,14,20H,3,6,13,15H2,1H3/t20-/m0/s1. The van der Waals surface area contributed by atoms with Crippen molar-refractivity contribution in [2.45, 2.75) is 18.9 Å². The molecule has 0 aliphatic carbocycles. The van der Waals surface area contributed by atoms with Gasteiger partial charge in [0.05, 0.1) is 18.8 Å². The van der Waals surface area contributed by atoms with E-state index >= 15 is 0 Å². The summed E-state index contributed by atoms with van der Waals surface area (Å²) in [7, 11) is 1.68. The normalized spacial score (nSPS) is 16.6. The molecule has 3 aromatic rings. The number of hydrogen-bond acceptors (Lipinski definition) is 4. The van der Waals surface area contributed by atoms with Crippen LogP contribution in [0, 0.1) is 0 Å². The van der Waals surface area contributed by atoms with Gasteiger partial charge >= 0.3 is 0 Å². The molecular formula is C22H22N2O3. The SMILES string of the molecule is COC[C@@H]1CCCN1C(=O)c1cccc(-c2ccc(-c3ccno3)cc2)c1.